The molecule has 0 aromatic heterocycles. The molecule has 1 N–H and O–H groups in total. The van der Waals surface area contributed by atoms with Gasteiger partial charge in [-0.1, -0.05) is 31.0 Å². The topological polar surface area (TPSA) is 33.6 Å². The van der Waals surface area contributed by atoms with Crippen molar-refractivity contribution >= 4 is 38.5 Å². The molecule has 0 radical (unpaired) electrons. The van der Waals surface area contributed by atoms with Crippen LogP contribution in [0.4, 0.5) is 5.69 Å². The maximum atomic E-state index is 5.28. The molecule has 1 saturated carbocycles. The standard InChI is InChI=1S/C16H21BrN2OS/c1-20-12-5-6-13(17)14(9-12)19-15-18-10-16(11-21-15)7-3-2-4-8-16/h5-6,9H,2-4,7-8,10-11H2,1H3,(H,18,19). The van der Waals surface area contributed by atoms with Crippen molar-refractivity contribution in [3.63, 3.8) is 0 Å². The summed E-state index contributed by atoms with van der Waals surface area (Å²) >= 11 is 5.44. The van der Waals surface area contributed by atoms with Crippen molar-refractivity contribution in [2.45, 2.75) is 32.1 Å². The number of amidine groups is 1. The third kappa shape index (κ3) is 3.57. The van der Waals surface area contributed by atoms with E-state index in [0.717, 1.165) is 27.6 Å². The van der Waals surface area contributed by atoms with Crippen LogP contribution in [0.2, 0.25) is 0 Å². The second-order valence-electron chi connectivity index (χ2n) is 5.94. The van der Waals surface area contributed by atoms with E-state index in [0.29, 0.717) is 5.41 Å². The number of nitrogens with one attached hydrogen (secondary N) is 1. The Hall–Kier alpha value is -0.680. The van der Waals surface area contributed by atoms with E-state index in [-0.39, 0.29) is 0 Å². The predicted octanol–water partition coefficient (Wildman–Crippen LogP) is 4.92. The molecule has 0 amide bonds. The lowest BCUT2D eigenvalue weighted by Gasteiger charge is -2.38. The summed E-state index contributed by atoms with van der Waals surface area (Å²) in [6.07, 6.45) is 6.85. The highest BCUT2D eigenvalue weighted by molar-refractivity contribution is 9.10. The molecule has 0 bridgehead atoms. The van der Waals surface area contributed by atoms with Crippen molar-refractivity contribution in [3.8, 4) is 5.75 Å². The van der Waals surface area contributed by atoms with Gasteiger partial charge in [0.2, 0.25) is 0 Å². The van der Waals surface area contributed by atoms with Gasteiger partial charge in [0.1, 0.15) is 5.75 Å². The molecule has 0 unspecified atom stereocenters. The van der Waals surface area contributed by atoms with Crippen molar-refractivity contribution in [1.29, 1.82) is 0 Å². The minimum atomic E-state index is 0.472. The smallest absolute Gasteiger partial charge is 0.161 e. The first-order valence-electron chi connectivity index (χ1n) is 7.49. The van der Waals surface area contributed by atoms with Gasteiger partial charge in [0.15, 0.2) is 5.17 Å². The number of rotatable bonds is 2. The van der Waals surface area contributed by atoms with Gasteiger partial charge in [-0.05, 0) is 46.3 Å². The molecule has 1 aliphatic carbocycles. The molecule has 3 rings (SSSR count). The molecule has 1 spiro atoms. The van der Waals surface area contributed by atoms with Crippen molar-refractivity contribution in [3.05, 3.63) is 22.7 Å². The van der Waals surface area contributed by atoms with Crippen LogP contribution in [0.15, 0.2) is 27.7 Å². The summed E-state index contributed by atoms with van der Waals surface area (Å²) in [5.41, 5.74) is 1.49. The lowest BCUT2D eigenvalue weighted by molar-refractivity contribution is 0.232. The zero-order chi connectivity index (χ0) is 14.7. The highest BCUT2D eigenvalue weighted by atomic mass is 79.9. The van der Waals surface area contributed by atoms with E-state index < -0.39 is 0 Å². The molecular formula is C16H21BrN2OS. The lowest BCUT2D eigenvalue weighted by atomic mass is 9.75. The normalized spacial score (nSPS) is 21.0. The number of hydrogen-bond acceptors (Lipinski definition) is 4. The molecule has 1 fully saturated rings. The van der Waals surface area contributed by atoms with Crippen LogP contribution in [-0.4, -0.2) is 24.6 Å². The summed E-state index contributed by atoms with van der Waals surface area (Å²) in [6, 6.07) is 5.94. The average molecular weight is 369 g/mol. The molecule has 1 heterocycles. The molecule has 1 aromatic carbocycles. The Labute approximate surface area is 139 Å². The van der Waals surface area contributed by atoms with E-state index in [1.54, 1.807) is 7.11 Å². The van der Waals surface area contributed by atoms with Crippen LogP contribution in [-0.2, 0) is 0 Å². The Morgan fingerprint density at radius 2 is 2.10 bits per heavy atom. The Morgan fingerprint density at radius 1 is 1.29 bits per heavy atom. The van der Waals surface area contributed by atoms with Gasteiger partial charge in [-0.15, -0.1) is 0 Å². The number of halogens is 1. The highest BCUT2D eigenvalue weighted by Gasteiger charge is 2.34. The quantitative estimate of drug-likeness (QED) is 0.803. The number of ether oxygens (including phenoxy) is 1. The molecular weight excluding hydrogens is 348 g/mol. The Balaban J connectivity index is 1.69. The number of anilines is 1. The van der Waals surface area contributed by atoms with Gasteiger partial charge >= 0.3 is 0 Å². The van der Waals surface area contributed by atoms with Crippen molar-refractivity contribution in [1.82, 2.24) is 0 Å². The Morgan fingerprint density at radius 3 is 2.76 bits per heavy atom. The molecule has 5 heteroatoms. The average Bonchev–Trinajstić information content (AvgIpc) is 2.53. The van der Waals surface area contributed by atoms with Crippen LogP contribution in [0.1, 0.15) is 32.1 Å². The Kier molecular flexibility index (Phi) is 4.79. The van der Waals surface area contributed by atoms with Gasteiger partial charge in [0, 0.05) is 22.8 Å². The van der Waals surface area contributed by atoms with E-state index in [9.17, 15) is 0 Å². The van der Waals surface area contributed by atoms with Gasteiger partial charge in [0.05, 0.1) is 12.8 Å². The van der Waals surface area contributed by atoms with E-state index >= 15 is 0 Å². The first-order chi connectivity index (χ1) is 10.2. The lowest BCUT2D eigenvalue weighted by Crippen LogP contribution is -2.35. The van der Waals surface area contributed by atoms with Gasteiger partial charge in [-0.25, -0.2) is 0 Å². The maximum Gasteiger partial charge on any atom is 0.161 e. The summed E-state index contributed by atoms with van der Waals surface area (Å²) in [5.74, 6) is 2.05. The first-order valence-corrected chi connectivity index (χ1v) is 9.26. The molecule has 0 atom stereocenters. The number of hydrogen-bond donors (Lipinski definition) is 1. The SMILES string of the molecule is COc1ccc(Br)c(NC2=NCC3(CCCCC3)CS2)c1. The molecule has 0 saturated heterocycles. The minimum absolute atomic E-state index is 0.472. The molecule has 1 aliphatic heterocycles. The fourth-order valence-corrected chi connectivity index (χ4v) is 4.58. The highest BCUT2D eigenvalue weighted by Crippen LogP contribution is 2.42. The van der Waals surface area contributed by atoms with Gasteiger partial charge in [0.25, 0.3) is 0 Å². The van der Waals surface area contributed by atoms with Crippen molar-refractivity contribution in [2.75, 3.05) is 24.7 Å². The molecule has 21 heavy (non-hydrogen) atoms. The van der Waals surface area contributed by atoms with Crippen LogP contribution in [0.3, 0.4) is 0 Å². The van der Waals surface area contributed by atoms with Gasteiger partial charge < -0.3 is 10.1 Å². The molecule has 2 aliphatic rings. The van der Waals surface area contributed by atoms with Crippen molar-refractivity contribution in [2.24, 2.45) is 10.4 Å². The van der Waals surface area contributed by atoms with E-state index in [1.165, 1.54) is 37.9 Å². The third-order valence-electron chi connectivity index (χ3n) is 4.40. The summed E-state index contributed by atoms with van der Waals surface area (Å²) in [6.45, 7) is 0.976. The van der Waals surface area contributed by atoms with Crippen LogP contribution in [0.25, 0.3) is 0 Å². The number of thioether (sulfide) groups is 1. The van der Waals surface area contributed by atoms with Crippen LogP contribution in [0, 0.1) is 5.41 Å². The monoisotopic (exact) mass is 368 g/mol. The number of benzene rings is 1. The molecule has 114 valence electrons. The first kappa shape index (κ1) is 15.2. The number of nitrogens with zero attached hydrogens (tertiary/aromatic N) is 1. The zero-order valence-corrected chi connectivity index (χ0v) is 14.7. The number of aliphatic imine (C=N–C) groups is 1. The maximum absolute atomic E-state index is 5.28. The van der Waals surface area contributed by atoms with Gasteiger partial charge in [-0.2, -0.15) is 0 Å². The fourth-order valence-electron chi connectivity index (χ4n) is 3.07. The van der Waals surface area contributed by atoms with Crippen LogP contribution >= 0.6 is 27.7 Å². The van der Waals surface area contributed by atoms with Crippen molar-refractivity contribution < 1.29 is 4.74 Å². The third-order valence-corrected chi connectivity index (χ3v) is 6.36. The predicted molar refractivity (Wildman–Crippen MR) is 94.6 cm³/mol. The summed E-state index contributed by atoms with van der Waals surface area (Å²) < 4.78 is 6.31. The molecule has 1 aromatic rings. The number of methoxy groups -OCH3 is 1. The van der Waals surface area contributed by atoms with E-state index in [4.69, 9.17) is 9.73 Å². The van der Waals surface area contributed by atoms with E-state index in [1.807, 2.05) is 30.0 Å². The second kappa shape index (κ2) is 6.61. The largest absolute Gasteiger partial charge is 0.497 e. The van der Waals surface area contributed by atoms with Crippen LogP contribution < -0.4 is 10.1 Å². The van der Waals surface area contributed by atoms with Crippen LogP contribution in [0.5, 0.6) is 5.75 Å². The molecule has 3 nitrogen and oxygen atoms in total. The zero-order valence-electron chi connectivity index (χ0n) is 12.3. The summed E-state index contributed by atoms with van der Waals surface area (Å²) in [4.78, 5) is 4.81. The van der Waals surface area contributed by atoms with E-state index in [2.05, 4.69) is 21.2 Å². The fraction of sp³-hybridized carbons (Fsp3) is 0.562. The van der Waals surface area contributed by atoms with Gasteiger partial charge in [-0.3, -0.25) is 4.99 Å². The summed E-state index contributed by atoms with van der Waals surface area (Å²) in [5, 5.41) is 4.46. The second-order valence-corrected chi connectivity index (χ2v) is 7.76. The Bertz CT molecular complexity index is 541. The summed E-state index contributed by atoms with van der Waals surface area (Å²) in [7, 11) is 1.69. The minimum Gasteiger partial charge on any atom is -0.497 e.